The average Bonchev–Trinajstić information content (AvgIpc) is 3.42. The first-order chi connectivity index (χ1) is 15.2. The van der Waals surface area contributed by atoms with Gasteiger partial charge in [-0.1, -0.05) is 6.92 Å². The van der Waals surface area contributed by atoms with Gasteiger partial charge in [-0.3, -0.25) is 14.5 Å². The van der Waals surface area contributed by atoms with Crippen molar-refractivity contribution >= 4 is 11.8 Å². The van der Waals surface area contributed by atoms with Crippen LogP contribution in [0.5, 0.6) is 0 Å². The Bertz CT molecular complexity index is 829. The summed E-state index contributed by atoms with van der Waals surface area (Å²) in [4.78, 5) is 28.0. The molecule has 1 aromatic carbocycles. The number of ether oxygens (including phenoxy) is 2. The molecule has 3 aliphatic rings. The maximum absolute atomic E-state index is 13.5. The van der Waals surface area contributed by atoms with Gasteiger partial charge in [-0.2, -0.15) is 13.2 Å². The number of hydrogen-bond donors (Lipinski definition) is 1. The van der Waals surface area contributed by atoms with Gasteiger partial charge in [-0.05, 0) is 68.7 Å². The molecule has 32 heavy (non-hydrogen) atoms. The zero-order chi connectivity index (χ0) is 22.9. The van der Waals surface area contributed by atoms with Crippen LogP contribution in [0.4, 0.5) is 13.2 Å². The number of halogens is 3. The lowest BCUT2D eigenvalue weighted by molar-refractivity contribution is -0.137. The van der Waals surface area contributed by atoms with Crippen molar-refractivity contribution in [2.75, 3.05) is 19.8 Å². The van der Waals surface area contributed by atoms with Crippen molar-refractivity contribution in [2.45, 2.75) is 69.5 Å². The van der Waals surface area contributed by atoms with Crippen molar-refractivity contribution < 1.29 is 32.2 Å². The number of rotatable bonds is 4. The standard InChI is InChI=1S/C23H29F3N2O4/c1-15-8-10-22(11-9-15)28(21(30)16-4-6-17(7-5-16)23(24,25)26)19(14-32-22)20(29)27-13-18-3-2-12-31-18/h4-7,15,18-19H,2-3,8-14H2,1H3,(H,27,29). The summed E-state index contributed by atoms with van der Waals surface area (Å²) in [6.07, 6.45) is 0.187. The Kier molecular flexibility index (Phi) is 6.49. The molecule has 9 heteroatoms. The van der Waals surface area contributed by atoms with Crippen molar-refractivity contribution in [3.05, 3.63) is 35.4 Å². The van der Waals surface area contributed by atoms with Gasteiger partial charge in [0, 0.05) is 18.7 Å². The number of benzene rings is 1. The van der Waals surface area contributed by atoms with E-state index < -0.39 is 29.4 Å². The van der Waals surface area contributed by atoms with Crippen molar-refractivity contribution in [3.63, 3.8) is 0 Å². The van der Waals surface area contributed by atoms with E-state index in [0.717, 1.165) is 37.8 Å². The molecule has 2 amide bonds. The molecule has 1 saturated carbocycles. The summed E-state index contributed by atoms with van der Waals surface area (Å²) < 4.78 is 50.5. The first kappa shape index (κ1) is 23.0. The second-order valence-electron chi connectivity index (χ2n) is 9.09. The maximum Gasteiger partial charge on any atom is 0.416 e. The predicted molar refractivity (Wildman–Crippen MR) is 110 cm³/mol. The highest BCUT2D eigenvalue weighted by Gasteiger charge is 2.53. The van der Waals surface area contributed by atoms with E-state index in [-0.39, 0.29) is 24.2 Å². The van der Waals surface area contributed by atoms with Gasteiger partial charge < -0.3 is 14.8 Å². The minimum Gasteiger partial charge on any atom is -0.376 e. The van der Waals surface area contributed by atoms with E-state index >= 15 is 0 Å². The SMILES string of the molecule is CC1CCC2(CC1)OCC(C(=O)NCC1CCCO1)N2C(=O)c1ccc(C(F)(F)F)cc1. The minimum absolute atomic E-state index is 0.0372. The second kappa shape index (κ2) is 9.02. The summed E-state index contributed by atoms with van der Waals surface area (Å²) in [5, 5.41) is 2.88. The summed E-state index contributed by atoms with van der Waals surface area (Å²) in [7, 11) is 0. The van der Waals surface area contributed by atoms with Crippen molar-refractivity contribution in [1.29, 1.82) is 0 Å². The largest absolute Gasteiger partial charge is 0.416 e. The summed E-state index contributed by atoms with van der Waals surface area (Å²) in [6.45, 7) is 3.24. The lowest BCUT2D eigenvalue weighted by Gasteiger charge is -2.43. The normalized spacial score (nSPS) is 30.6. The van der Waals surface area contributed by atoms with Crippen LogP contribution in [0.25, 0.3) is 0 Å². The third-order valence-electron chi connectivity index (χ3n) is 6.82. The zero-order valence-electron chi connectivity index (χ0n) is 18.1. The van der Waals surface area contributed by atoms with Crippen LogP contribution in [-0.2, 0) is 20.4 Å². The highest BCUT2D eigenvalue weighted by Crippen LogP contribution is 2.43. The van der Waals surface area contributed by atoms with Crippen LogP contribution >= 0.6 is 0 Å². The lowest BCUT2D eigenvalue weighted by atomic mass is 9.83. The number of carbonyl (C=O) groups excluding carboxylic acids is 2. The van der Waals surface area contributed by atoms with Gasteiger partial charge >= 0.3 is 6.18 Å². The van der Waals surface area contributed by atoms with Gasteiger partial charge in [0.05, 0.1) is 18.3 Å². The Morgan fingerprint density at radius 2 is 1.84 bits per heavy atom. The molecule has 1 aliphatic carbocycles. The molecule has 0 bridgehead atoms. The van der Waals surface area contributed by atoms with Crippen LogP contribution in [-0.4, -0.2) is 54.3 Å². The number of alkyl halides is 3. The first-order valence-electron chi connectivity index (χ1n) is 11.2. The van der Waals surface area contributed by atoms with E-state index in [1.165, 1.54) is 17.0 Å². The van der Waals surface area contributed by atoms with Gasteiger partial charge in [0.15, 0.2) is 0 Å². The molecular weight excluding hydrogens is 425 g/mol. The van der Waals surface area contributed by atoms with Gasteiger partial charge in [0.1, 0.15) is 11.8 Å². The average molecular weight is 454 g/mol. The zero-order valence-corrected chi connectivity index (χ0v) is 18.1. The number of hydrogen-bond acceptors (Lipinski definition) is 4. The fourth-order valence-corrected chi connectivity index (χ4v) is 4.86. The Balaban J connectivity index is 1.56. The van der Waals surface area contributed by atoms with Crippen LogP contribution in [0.2, 0.25) is 0 Å². The van der Waals surface area contributed by atoms with E-state index in [1.807, 2.05) is 0 Å². The van der Waals surface area contributed by atoms with Crippen molar-refractivity contribution in [2.24, 2.45) is 5.92 Å². The van der Waals surface area contributed by atoms with E-state index in [9.17, 15) is 22.8 Å². The molecule has 2 aliphatic heterocycles. The summed E-state index contributed by atoms with van der Waals surface area (Å²) in [5.41, 5.74) is -1.62. The van der Waals surface area contributed by atoms with E-state index in [1.54, 1.807) is 0 Å². The van der Waals surface area contributed by atoms with E-state index in [0.29, 0.717) is 31.9 Å². The van der Waals surface area contributed by atoms with E-state index in [2.05, 4.69) is 12.2 Å². The summed E-state index contributed by atoms with van der Waals surface area (Å²) in [6, 6.07) is 3.30. The number of amides is 2. The molecule has 6 nitrogen and oxygen atoms in total. The van der Waals surface area contributed by atoms with Crippen LogP contribution in [0, 0.1) is 5.92 Å². The molecule has 4 rings (SSSR count). The van der Waals surface area contributed by atoms with Crippen LogP contribution in [0.3, 0.4) is 0 Å². The topological polar surface area (TPSA) is 67.9 Å². The quantitative estimate of drug-likeness (QED) is 0.753. The lowest BCUT2D eigenvalue weighted by Crippen LogP contribution is -2.57. The molecule has 3 fully saturated rings. The molecule has 2 saturated heterocycles. The summed E-state index contributed by atoms with van der Waals surface area (Å²) in [5.74, 6) is -0.320. The molecule has 176 valence electrons. The van der Waals surface area contributed by atoms with Gasteiger partial charge in [-0.25, -0.2) is 0 Å². The van der Waals surface area contributed by atoms with Gasteiger partial charge in [0.2, 0.25) is 5.91 Å². The highest BCUT2D eigenvalue weighted by atomic mass is 19.4. The molecule has 2 atom stereocenters. The summed E-state index contributed by atoms with van der Waals surface area (Å²) >= 11 is 0. The van der Waals surface area contributed by atoms with Crippen LogP contribution in [0.1, 0.15) is 61.4 Å². The fraction of sp³-hybridized carbons (Fsp3) is 0.652. The fourth-order valence-electron chi connectivity index (χ4n) is 4.86. The molecule has 0 aromatic heterocycles. The number of nitrogens with zero attached hydrogens (tertiary/aromatic N) is 1. The monoisotopic (exact) mass is 454 g/mol. The van der Waals surface area contributed by atoms with Crippen LogP contribution < -0.4 is 5.32 Å². The number of carbonyl (C=O) groups is 2. The highest BCUT2D eigenvalue weighted by molar-refractivity contribution is 5.98. The molecule has 1 spiro atoms. The predicted octanol–water partition coefficient (Wildman–Crippen LogP) is 3.75. The molecular formula is C23H29F3N2O4. The van der Waals surface area contributed by atoms with E-state index in [4.69, 9.17) is 9.47 Å². The van der Waals surface area contributed by atoms with Crippen molar-refractivity contribution in [1.82, 2.24) is 10.2 Å². The third kappa shape index (κ3) is 4.64. The van der Waals surface area contributed by atoms with Gasteiger partial charge in [-0.15, -0.1) is 0 Å². The first-order valence-corrected chi connectivity index (χ1v) is 11.2. The Morgan fingerprint density at radius 3 is 2.44 bits per heavy atom. The maximum atomic E-state index is 13.5. The second-order valence-corrected chi connectivity index (χ2v) is 9.09. The van der Waals surface area contributed by atoms with Gasteiger partial charge in [0.25, 0.3) is 5.91 Å². The minimum atomic E-state index is -4.48. The Labute approximate surface area is 185 Å². The smallest absolute Gasteiger partial charge is 0.376 e. The van der Waals surface area contributed by atoms with Crippen LogP contribution in [0.15, 0.2) is 24.3 Å². The Morgan fingerprint density at radius 1 is 1.16 bits per heavy atom. The third-order valence-corrected chi connectivity index (χ3v) is 6.82. The Hall–Kier alpha value is -2.13. The molecule has 2 unspecified atom stereocenters. The molecule has 0 radical (unpaired) electrons. The molecule has 1 aromatic rings. The number of nitrogens with one attached hydrogen (secondary N) is 1. The van der Waals surface area contributed by atoms with Crippen molar-refractivity contribution in [3.8, 4) is 0 Å². The molecule has 2 heterocycles. The molecule has 1 N–H and O–H groups in total.